The normalized spacial score (nSPS) is 11.2. The zero-order valence-electron chi connectivity index (χ0n) is 30.2. The molecule has 4 nitrogen and oxygen atoms in total. The molecule has 0 heterocycles. The summed E-state index contributed by atoms with van der Waals surface area (Å²) in [5.41, 5.74) is 6.81. The summed E-state index contributed by atoms with van der Waals surface area (Å²) in [6, 6.07) is 58.8. The summed E-state index contributed by atoms with van der Waals surface area (Å²) >= 11 is 0. The number of hydrogen-bond acceptors (Lipinski definition) is 4. The summed E-state index contributed by atoms with van der Waals surface area (Å²) < 4.78 is 22.6. The van der Waals surface area contributed by atoms with Gasteiger partial charge in [0.1, 0.15) is 0 Å². The third-order valence-electron chi connectivity index (χ3n) is 9.89. The molecule has 8 aromatic rings. The topological polar surface area (TPSA) is 36.9 Å². The number of fused-ring (bicyclic) bond motifs is 2. The first-order valence-corrected chi connectivity index (χ1v) is 18.9. The first-order chi connectivity index (χ1) is 26.1. The lowest BCUT2D eigenvalue weighted by molar-refractivity contribution is 0.355. The molecule has 0 unspecified atom stereocenters. The first kappa shape index (κ1) is 34.0. The van der Waals surface area contributed by atoms with Crippen molar-refractivity contribution in [2.24, 2.45) is 0 Å². The average Bonchev–Trinajstić information content (AvgIpc) is 3.23. The van der Waals surface area contributed by atoms with Crippen molar-refractivity contribution in [2.75, 3.05) is 28.4 Å². The summed E-state index contributed by atoms with van der Waals surface area (Å²) in [4.78, 5) is 0. The molecule has 0 aliphatic heterocycles. The van der Waals surface area contributed by atoms with Gasteiger partial charge < -0.3 is 18.9 Å². The maximum absolute atomic E-state index is 5.74. The van der Waals surface area contributed by atoms with Crippen LogP contribution in [0.3, 0.4) is 0 Å². The fraction of sp³-hybridized carbons (Fsp3) is 0.0833. The van der Waals surface area contributed by atoms with Crippen LogP contribution in [-0.2, 0) is 0 Å². The number of rotatable bonds is 10. The predicted octanol–water partition coefficient (Wildman–Crippen LogP) is 10.8. The largest absolute Gasteiger partial charge is 0.493 e. The van der Waals surface area contributed by atoms with Gasteiger partial charge in [-0.05, 0) is 103 Å². The molecule has 5 heteroatoms. The van der Waals surface area contributed by atoms with E-state index in [4.69, 9.17) is 18.9 Å². The molecule has 0 saturated carbocycles. The minimum absolute atomic E-state index is 0.701. The fourth-order valence-corrected chi connectivity index (χ4v) is 9.92. The molecule has 0 aliphatic rings. The van der Waals surface area contributed by atoms with E-state index >= 15 is 0 Å². The SMILES string of the molecule is COc1ccc(-c2cccc3c(-c4c(P(c5ccccc5)c5ccccc5)ccc5c(-c6ccc(OC)c(OC)c6)cccc45)cccc23)cc1OC. The molecule has 0 amide bonds. The molecule has 0 spiro atoms. The van der Waals surface area contributed by atoms with E-state index in [0.29, 0.717) is 23.0 Å². The van der Waals surface area contributed by atoms with Crippen molar-refractivity contribution in [2.45, 2.75) is 0 Å². The van der Waals surface area contributed by atoms with Crippen molar-refractivity contribution in [1.29, 1.82) is 0 Å². The van der Waals surface area contributed by atoms with Crippen LogP contribution in [0.5, 0.6) is 23.0 Å². The molecule has 0 aromatic heterocycles. The highest BCUT2D eigenvalue weighted by atomic mass is 31.1. The second-order valence-corrected chi connectivity index (χ2v) is 14.9. The summed E-state index contributed by atoms with van der Waals surface area (Å²) in [6.45, 7) is 0. The van der Waals surface area contributed by atoms with Crippen LogP contribution in [0.15, 0.2) is 164 Å². The minimum atomic E-state index is -0.928. The Labute approximate surface area is 311 Å². The van der Waals surface area contributed by atoms with Crippen LogP contribution in [0.4, 0.5) is 0 Å². The van der Waals surface area contributed by atoms with Crippen molar-refractivity contribution in [3.8, 4) is 56.4 Å². The molecule has 0 aliphatic carbocycles. The first-order valence-electron chi connectivity index (χ1n) is 17.6. The third kappa shape index (κ3) is 6.26. The molecule has 8 rings (SSSR count). The lowest BCUT2D eigenvalue weighted by Crippen LogP contribution is -2.22. The van der Waals surface area contributed by atoms with Gasteiger partial charge in [0.2, 0.25) is 0 Å². The Kier molecular flexibility index (Phi) is 9.55. The van der Waals surface area contributed by atoms with Crippen molar-refractivity contribution < 1.29 is 18.9 Å². The van der Waals surface area contributed by atoms with E-state index in [9.17, 15) is 0 Å². The van der Waals surface area contributed by atoms with Crippen LogP contribution in [0.2, 0.25) is 0 Å². The summed E-state index contributed by atoms with van der Waals surface area (Å²) in [7, 11) is 5.77. The standard InChI is InChI=1S/C48H39O4P/c1-49-43-27-24-32(30-45(43)51-3)36-18-11-21-39-38(36)20-13-23-41(39)48-42-22-12-19-37(33-25-28-44(50-2)46(31-33)52-4)40(42)26-29-47(48)53(34-14-7-5-8-15-34)35-16-9-6-10-17-35/h5-31H,1-4H3. The van der Waals surface area contributed by atoms with Gasteiger partial charge in [-0.2, -0.15) is 0 Å². The minimum Gasteiger partial charge on any atom is -0.493 e. The molecule has 0 saturated heterocycles. The van der Waals surface area contributed by atoms with Gasteiger partial charge in [-0.1, -0.05) is 140 Å². The van der Waals surface area contributed by atoms with Gasteiger partial charge in [-0.3, -0.25) is 0 Å². The second-order valence-electron chi connectivity index (χ2n) is 12.7. The molecule has 0 atom stereocenters. The lowest BCUT2D eigenvalue weighted by Gasteiger charge is -2.25. The summed E-state index contributed by atoms with van der Waals surface area (Å²) in [5.74, 6) is 2.82. The predicted molar refractivity (Wildman–Crippen MR) is 223 cm³/mol. The molecule has 0 fully saturated rings. The van der Waals surface area contributed by atoms with Crippen molar-refractivity contribution in [3.63, 3.8) is 0 Å². The summed E-state index contributed by atoms with van der Waals surface area (Å²) in [6.07, 6.45) is 0. The highest BCUT2D eigenvalue weighted by Gasteiger charge is 2.24. The van der Waals surface area contributed by atoms with Gasteiger partial charge in [0.15, 0.2) is 23.0 Å². The maximum atomic E-state index is 5.74. The Hall–Kier alpha value is -6.09. The van der Waals surface area contributed by atoms with Crippen LogP contribution >= 0.6 is 7.92 Å². The molecule has 0 radical (unpaired) electrons. The zero-order chi connectivity index (χ0) is 36.3. The van der Waals surface area contributed by atoms with Crippen LogP contribution in [0.1, 0.15) is 0 Å². The average molecular weight is 711 g/mol. The third-order valence-corrected chi connectivity index (χ3v) is 12.4. The van der Waals surface area contributed by atoms with E-state index in [1.54, 1.807) is 28.4 Å². The highest BCUT2D eigenvalue weighted by molar-refractivity contribution is 7.80. The monoisotopic (exact) mass is 710 g/mol. The Morgan fingerprint density at radius 3 is 1.26 bits per heavy atom. The molecule has 0 bridgehead atoms. The quantitative estimate of drug-likeness (QED) is 0.132. The van der Waals surface area contributed by atoms with Gasteiger partial charge in [0.25, 0.3) is 0 Å². The van der Waals surface area contributed by atoms with E-state index in [1.807, 2.05) is 12.1 Å². The van der Waals surface area contributed by atoms with Crippen LogP contribution < -0.4 is 34.9 Å². The van der Waals surface area contributed by atoms with Crippen LogP contribution in [0.25, 0.3) is 54.9 Å². The highest BCUT2D eigenvalue weighted by Crippen LogP contribution is 2.45. The maximum Gasteiger partial charge on any atom is 0.161 e. The zero-order valence-corrected chi connectivity index (χ0v) is 31.1. The molecular formula is C48H39O4P. The van der Waals surface area contributed by atoms with Crippen molar-refractivity contribution in [3.05, 3.63) is 164 Å². The van der Waals surface area contributed by atoms with Crippen LogP contribution in [-0.4, -0.2) is 28.4 Å². The second kappa shape index (κ2) is 14.9. The smallest absolute Gasteiger partial charge is 0.161 e. The Balaban J connectivity index is 1.44. The van der Waals surface area contributed by atoms with Gasteiger partial charge in [-0.25, -0.2) is 0 Å². The Morgan fingerprint density at radius 2 is 0.774 bits per heavy atom. The van der Waals surface area contributed by atoms with Gasteiger partial charge in [0, 0.05) is 0 Å². The Morgan fingerprint density at radius 1 is 0.340 bits per heavy atom. The lowest BCUT2D eigenvalue weighted by atomic mass is 9.89. The van der Waals surface area contributed by atoms with Crippen molar-refractivity contribution in [1.82, 2.24) is 0 Å². The van der Waals surface area contributed by atoms with Gasteiger partial charge in [0.05, 0.1) is 28.4 Å². The fourth-order valence-electron chi connectivity index (χ4n) is 7.44. The van der Waals surface area contributed by atoms with Crippen molar-refractivity contribution >= 4 is 45.4 Å². The van der Waals surface area contributed by atoms with E-state index in [1.165, 1.54) is 48.6 Å². The molecule has 53 heavy (non-hydrogen) atoms. The number of methoxy groups -OCH3 is 4. The number of hydrogen-bond donors (Lipinski definition) is 0. The van der Waals surface area contributed by atoms with Gasteiger partial charge >= 0.3 is 0 Å². The summed E-state index contributed by atoms with van der Waals surface area (Å²) in [5, 5.41) is 8.62. The Bertz CT molecular complexity index is 2530. The molecule has 8 aromatic carbocycles. The van der Waals surface area contributed by atoms with E-state index in [2.05, 4.69) is 152 Å². The van der Waals surface area contributed by atoms with E-state index in [0.717, 1.165) is 22.3 Å². The number of benzene rings is 8. The molecule has 260 valence electrons. The molecule has 0 N–H and O–H groups in total. The van der Waals surface area contributed by atoms with E-state index < -0.39 is 7.92 Å². The van der Waals surface area contributed by atoms with E-state index in [-0.39, 0.29) is 0 Å². The number of ether oxygens (including phenoxy) is 4. The van der Waals surface area contributed by atoms with Gasteiger partial charge in [-0.15, -0.1) is 0 Å². The van der Waals surface area contributed by atoms with Crippen LogP contribution in [0, 0.1) is 0 Å². The molecular weight excluding hydrogens is 671 g/mol.